The Morgan fingerprint density at radius 2 is 2.40 bits per heavy atom. The molecule has 2 rings (SSSR count). The van der Waals surface area contributed by atoms with E-state index >= 15 is 0 Å². The lowest BCUT2D eigenvalue weighted by Crippen LogP contribution is -2.40. The average Bonchev–Trinajstić information content (AvgIpc) is 2.58. The molecule has 0 saturated heterocycles. The quantitative estimate of drug-likeness (QED) is 0.918. The Kier molecular flexibility index (Phi) is 3.19. The van der Waals surface area contributed by atoms with Gasteiger partial charge in [0.1, 0.15) is 11.9 Å². The van der Waals surface area contributed by atoms with E-state index in [1.807, 2.05) is 0 Å². The predicted octanol–water partition coefficient (Wildman–Crippen LogP) is 3.03. The van der Waals surface area contributed by atoms with Gasteiger partial charge in [-0.25, -0.2) is 0 Å². The number of methoxy groups -OCH3 is 1. The molecule has 4 heteroatoms. The molecule has 15 heavy (non-hydrogen) atoms. The van der Waals surface area contributed by atoms with Crippen LogP contribution in [0.4, 0.5) is 0 Å². The molecular formula is C11H15BrO3. The Morgan fingerprint density at radius 3 is 2.80 bits per heavy atom. The first-order valence-corrected chi connectivity index (χ1v) is 5.92. The number of rotatable bonds is 4. The summed E-state index contributed by atoms with van der Waals surface area (Å²) in [7, 11) is 1.71. The summed E-state index contributed by atoms with van der Waals surface area (Å²) in [6.45, 7) is 0. The molecule has 0 bridgehead atoms. The highest BCUT2D eigenvalue weighted by molar-refractivity contribution is 9.10. The topological polar surface area (TPSA) is 42.6 Å². The number of ether oxygens (including phenoxy) is 1. The highest BCUT2D eigenvalue weighted by Gasteiger charge is 2.39. The second-order valence-electron chi connectivity index (χ2n) is 4.09. The number of aliphatic hydroxyl groups excluding tert-OH is 1. The Hall–Kier alpha value is -0.320. The SMILES string of the molecule is COC1(CC(O)c2occc2Br)CCC1. The monoisotopic (exact) mass is 274 g/mol. The highest BCUT2D eigenvalue weighted by Crippen LogP contribution is 2.42. The van der Waals surface area contributed by atoms with Crippen LogP contribution in [0.25, 0.3) is 0 Å². The zero-order valence-corrected chi connectivity index (χ0v) is 10.3. The molecule has 0 aromatic carbocycles. The normalized spacial score (nSPS) is 21.0. The fraction of sp³-hybridized carbons (Fsp3) is 0.636. The van der Waals surface area contributed by atoms with E-state index in [-0.39, 0.29) is 5.60 Å². The largest absolute Gasteiger partial charge is 0.465 e. The summed E-state index contributed by atoms with van der Waals surface area (Å²) in [5, 5.41) is 10.0. The minimum absolute atomic E-state index is 0.133. The molecule has 0 spiro atoms. The van der Waals surface area contributed by atoms with Crippen LogP contribution in [0, 0.1) is 0 Å². The molecule has 1 atom stereocenters. The molecule has 3 nitrogen and oxygen atoms in total. The van der Waals surface area contributed by atoms with E-state index in [4.69, 9.17) is 9.15 Å². The number of hydrogen-bond donors (Lipinski definition) is 1. The second-order valence-corrected chi connectivity index (χ2v) is 4.95. The maximum atomic E-state index is 10.0. The van der Waals surface area contributed by atoms with Crippen molar-refractivity contribution in [2.24, 2.45) is 0 Å². The van der Waals surface area contributed by atoms with Crippen molar-refractivity contribution in [1.82, 2.24) is 0 Å². The molecule has 1 heterocycles. The summed E-state index contributed by atoms with van der Waals surface area (Å²) in [6.07, 6.45) is 4.82. The van der Waals surface area contributed by atoms with E-state index in [0.717, 1.165) is 17.3 Å². The molecule has 0 radical (unpaired) electrons. The number of furan rings is 1. The summed E-state index contributed by atoms with van der Waals surface area (Å²) in [6, 6.07) is 1.79. The van der Waals surface area contributed by atoms with Gasteiger partial charge in [0.15, 0.2) is 0 Å². The molecule has 1 aromatic heterocycles. The number of halogens is 1. The van der Waals surface area contributed by atoms with Crippen LogP contribution in [0.1, 0.15) is 37.5 Å². The fourth-order valence-electron chi connectivity index (χ4n) is 2.05. The van der Waals surface area contributed by atoms with Gasteiger partial charge in [-0.05, 0) is 41.3 Å². The lowest BCUT2D eigenvalue weighted by atomic mass is 9.76. The summed E-state index contributed by atoms with van der Waals surface area (Å²) in [5.74, 6) is 0.596. The fourth-order valence-corrected chi connectivity index (χ4v) is 2.52. The standard InChI is InChI=1S/C11H15BrO3/c1-14-11(4-2-5-11)7-9(13)10-8(12)3-6-15-10/h3,6,9,13H,2,4-5,7H2,1H3. The van der Waals surface area contributed by atoms with Gasteiger partial charge < -0.3 is 14.3 Å². The van der Waals surface area contributed by atoms with Gasteiger partial charge in [0.05, 0.1) is 16.3 Å². The maximum absolute atomic E-state index is 10.0. The third-order valence-electron chi connectivity index (χ3n) is 3.21. The van der Waals surface area contributed by atoms with Crippen LogP contribution in [-0.4, -0.2) is 17.8 Å². The third-order valence-corrected chi connectivity index (χ3v) is 3.87. The van der Waals surface area contributed by atoms with Crippen molar-refractivity contribution in [2.75, 3.05) is 7.11 Å². The Morgan fingerprint density at radius 1 is 1.67 bits per heavy atom. The summed E-state index contributed by atoms with van der Waals surface area (Å²) in [4.78, 5) is 0. The van der Waals surface area contributed by atoms with Gasteiger partial charge in [-0.1, -0.05) is 0 Å². The van der Waals surface area contributed by atoms with E-state index in [1.54, 1.807) is 19.4 Å². The van der Waals surface area contributed by atoms with Crippen LogP contribution in [0.5, 0.6) is 0 Å². The van der Waals surface area contributed by atoms with Crippen molar-refractivity contribution in [3.63, 3.8) is 0 Å². The van der Waals surface area contributed by atoms with E-state index in [2.05, 4.69) is 15.9 Å². The number of hydrogen-bond acceptors (Lipinski definition) is 3. The molecule has 0 aliphatic heterocycles. The van der Waals surface area contributed by atoms with Gasteiger partial charge in [0, 0.05) is 13.5 Å². The first-order chi connectivity index (χ1) is 7.17. The van der Waals surface area contributed by atoms with Crippen LogP contribution in [0.3, 0.4) is 0 Å². The van der Waals surface area contributed by atoms with Crippen molar-refractivity contribution in [3.8, 4) is 0 Å². The lowest BCUT2D eigenvalue weighted by Gasteiger charge is -2.41. The van der Waals surface area contributed by atoms with E-state index < -0.39 is 6.10 Å². The molecular weight excluding hydrogens is 260 g/mol. The highest BCUT2D eigenvalue weighted by atomic mass is 79.9. The lowest BCUT2D eigenvalue weighted by molar-refractivity contribution is -0.102. The maximum Gasteiger partial charge on any atom is 0.146 e. The van der Waals surface area contributed by atoms with Gasteiger partial charge >= 0.3 is 0 Å². The Bertz CT molecular complexity index is 325. The molecule has 1 aliphatic carbocycles. The van der Waals surface area contributed by atoms with E-state index in [9.17, 15) is 5.11 Å². The van der Waals surface area contributed by atoms with Gasteiger partial charge in [-0.2, -0.15) is 0 Å². The summed E-state index contributed by atoms with van der Waals surface area (Å²) in [5.41, 5.74) is -0.133. The Balaban J connectivity index is 2.03. The molecule has 1 N–H and O–H groups in total. The minimum atomic E-state index is -0.588. The minimum Gasteiger partial charge on any atom is -0.465 e. The van der Waals surface area contributed by atoms with Crippen LogP contribution in [-0.2, 0) is 4.74 Å². The van der Waals surface area contributed by atoms with Crippen LogP contribution in [0.15, 0.2) is 21.2 Å². The van der Waals surface area contributed by atoms with Crippen LogP contribution < -0.4 is 0 Å². The first kappa shape index (κ1) is 11.2. The molecule has 1 aliphatic rings. The van der Waals surface area contributed by atoms with Gasteiger partial charge in [-0.3, -0.25) is 0 Å². The zero-order valence-electron chi connectivity index (χ0n) is 8.70. The van der Waals surface area contributed by atoms with Gasteiger partial charge in [-0.15, -0.1) is 0 Å². The van der Waals surface area contributed by atoms with Crippen molar-refractivity contribution in [2.45, 2.75) is 37.4 Å². The molecule has 0 amide bonds. The van der Waals surface area contributed by atoms with Gasteiger partial charge in [0.2, 0.25) is 0 Å². The van der Waals surface area contributed by atoms with Crippen molar-refractivity contribution in [3.05, 3.63) is 22.6 Å². The summed E-state index contributed by atoms with van der Waals surface area (Å²) >= 11 is 3.34. The molecule has 1 saturated carbocycles. The van der Waals surface area contributed by atoms with Crippen molar-refractivity contribution >= 4 is 15.9 Å². The average molecular weight is 275 g/mol. The zero-order chi connectivity index (χ0) is 10.9. The smallest absolute Gasteiger partial charge is 0.146 e. The first-order valence-electron chi connectivity index (χ1n) is 5.13. The van der Waals surface area contributed by atoms with Crippen molar-refractivity contribution in [1.29, 1.82) is 0 Å². The molecule has 1 aromatic rings. The van der Waals surface area contributed by atoms with E-state index in [1.165, 1.54) is 6.42 Å². The van der Waals surface area contributed by atoms with Gasteiger partial charge in [0.25, 0.3) is 0 Å². The molecule has 1 unspecified atom stereocenters. The Labute approximate surface area is 97.5 Å². The second kappa shape index (κ2) is 4.28. The van der Waals surface area contributed by atoms with Crippen LogP contribution >= 0.6 is 15.9 Å². The molecule has 1 fully saturated rings. The molecule has 84 valence electrons. The number of aliphatic hydroxyl groups is 1. The summed E-state index contributed by atoms with van der Waals surface area (Å²) < 4.78 is 11.5. The predicted molar refractivity (Wildman–Crippen MR) is 59.6 cm³/mol. The third kappa shape index (κ3) is 2.12. The van der Waals surface area contributed by atoms with Crippen molar-refractivity contribution < 1.29 is 14.3 Å². The van der Waals surface area contributed by atoms with Crippen LogP contribution in [0.2, 0.25) is 0 Å². The van der Waals surface area contributed by atoms with E-state index in [0.29, 0.717) is 12.2 Å².